The summed E-state index contributed by atoms with van der Waals surface area (Å²) in [6.07, 6.45) is -5.65. The number of alkyl halides is 3. The maximum atomic E-state index is 12.8. The fourth-order valence-electron chi connectivity index (χ4n) is 2.82. The lowest BCUT2D eigenvalue weighted by Gasteiger charge is -2.33. The molecule has 2 rings (SSSR count). The lowest BCUT2D eigenvalue weighted by molar-refractivity contribution is -0.177. The maximum Gasteiger partial charge on any atom is 0.408 e. The zero-order chi connectivity index (χ0) is 16.3. The van der Waals surface area contributed by atoms with E-state index < -0.39 is 24.4 Å². The average Bonchev–Trinajstić information content (AvgIpc) is 2.86. The van der Waals surface area contributed by atoms with Crippen molar-refractivity contribution in [1.82, 2.24) is 9.80 Å². The zero-order valence-electron chi connectivity index (χ0n) is 12.3. The molecule has 1 fully saturated rings. The van der Waals surface area contributed by atoms with Crippen molar-refractivity contribution in [3.05, 3.63) is 35.9 Å². The highest BCUT2D eigenvalue weighted by atomic mass is 19.4. The van der Waals surface area contributed by atoms with Crippen LogP contribution in [0.3, 0.4) is 0 Å². The number of hydrogen-bond donors (Lipinski definition) is 1. The third-order valence-corrected chi connectivity index (χ3v) is 4.00. The van der Waals surface area contributed by atoms with Gasteiger partial charge in [0.1, 0.15) is 6.04 Å². The Morgan fingerprint density at radius 3 is 2.59 bits per heavy atom. The molecule has 1 aliphatic rings. The van der Waals surface area contributed by atoms with E-state index in [9.17, 15) is 18.0 Å². The van der Waals surface area contributed by atoms with Gasteiger partial charge in [-0.15, -0.1) is 0 Å². The first-order valence-corrected chi connectivity index (χ1v) is 7.13. The molecule has 1 amide bonds. The molecule has 122 valence electrons. The second-order valence-corrected chi connectivity index (χ2v) is 5.57. The monoisotopic (exact) mass is 316 g/mol. The van der Waals surface area contributed by atoms with E-state index in [-0.39, 0.29) is 0 Å². The third-order valence-electron chi connectivity index (χ3n) is 4.00. The molecular weight excluding hydrogens is 297 g/mol. The molecule has 1 aromatic rings. The summed E-state index contributed by atoms with van der Waals surface area (Å²) < 4.78 is 38.5. The molecule has 0 spiro atoms. The number of halogens is 3. The Morgan fingerprint density at radius 1 is 1.41 bits per heavy atom. The van der Waals surface area contributed by atoms with Gasteiger partial charge in [0.25, 0.3) is 0 Å². The third kappa shape index (κ3) is 3.91. The highest BCUT2D eigenvalue weighted by Gasteiger charge is 2.46. The van der Waals surface area contributed by atoms with Crippen molar-refractivity contribution in [3.63, 3.8) is 0 Å². The summed E-state index contributed by atoms with van der Waals surface area (Å²) in [6, 6.07) is 6.97. The van der Waals surface area contributed by atoms with Crippen LogP contribution in [0, 0.1) is 0 Å². The van der Waals surface area contributed by atoms with Crippen LogP contribution in [0.5, 0.6) is 0 Å². The van der Waals surface area contributed by atoms with Crippen molar-refractivity contribution < 1.29 is 23.1 Å². The van der Waals surface area contributed by atoms with Crippen LogP contribution in [0.25, 0.3) is 0 Å². The van der Waals surface area contributed by atoms with Crippen molar-refractivity contribution in [2.45, 2.75) is 38.1 Å². The van der Waals surface area contributed by atoms with Gasteiger partial charge in [0.2, 0.25) is 0 Å². The van der Waals surface area contributed by atoms with Crippen molar-refractivity contribution in [2.24, 2.45) is 0 Å². The number of rotatable bonds is 4. The SMILES string of the molecule is C[C@H](N(C(=O)O)[C@H]1CCN(Cc2ccccc2)C1)C(F)(F)F. The van der Waals surface area contributed by atoms with Gasteiger partial charge in [-0.1, -0.05) is 30.3 Å². The molecule has 1 aromatic carbocycles. The van der Waals surface area contributed by atoms with Crippen LogP contribution in [0.1, 0.15) is 18.9 Å². The van der Waals surface area contributed by atoms with Gasteiger partial charge in [0.15, 0.2) is 0 Å². The number of nitrogens with zero attached hydrogens (tertiary/aromatic N) is 2. The summed E-state index contributed by atoms with van der Waals surface area (Å²) >= 11 is 0. The van der Waals surface area contributed by atoms with Crippen molar-refractivity contribution >= 4 is 6.09 Å². The summed E-state index contributed by atoms with van der Waals surface area (Å²) in [6.45, 7) is 2.43. The smallest absolute Gasteiger partial charge is 0.408 e. The zero-order valence-corrected chi connectivity index (χ0v) is 12.3. The summed E-state index contributed by atoms with van der Waals surface area (Å²) in [5.74, 6) is 0. The Hall–Kier alpha value is -1.76. The number of carbonyl (C=O) groups is 1. The Kier molecular flexibility index (Phi) is 4.95. The summed E-state index contributed by atoms with van der Waals surface area (Å²) in [4.78, 5) is 13.8. The molecule has 22 heavy (non-hydrogen) atoms. The molecule has 7 heteroatoms. The molecule has 0 saturated carbocycles. The van der Waals surface area contributed by atoms with Crippen LogP contribution in [0.15, 0.2) is 30.3 Å². The van der Waals surface area contributed by atoms with Crippen LogP contribution < -0.4 is 0 Å². The van der Waals surface area contributed by atoms with Crippen molar-refractivity contribution in [1.29, 1.82) is 0 Å². The van der Waals surface area contributed by atoms with Gasteiger partial charge in [-0.25, -0.2) is 4.79 Å². The Labute approximate surface area is 127 Å². The van der Waals surface area contributed by atoms with E-state index in [1.807, 2.05) is 35.2 Å². The first kappa shape index (κ1) is 16.6. The first-order valence-electron chi connectivity index (χ1n) is 7.13. The minimum atomic E-state index is -4.55. The topological polar surface area (TPSA) is 43.8 Å². The summed E-state index contributed by atoms with van der Waals surface area (Å²) in [5, 5.41) is 9.15. The number of likely N-dealkylation sites (tertiary alicyclic amines) is 1. The second-order valence-electron chi connectivity index (χ2n) is 5.57. The van der Waals surface area contributed by atoms with Gasteiger partial charge >= 0.3 is 12.3 Å². The number of carboxylic acid groups (broad SMARTS) is 1. The molecule has 0 aromatic heterocycles. The van der Waals surface area contributed by atoms with Crippen molar-refractivity contribution in [2.75, 3.05) is 13.1 Å². The number of benzene rings is 1. The van der Waals surface area contributed by atoms with Crippen LogP contribution in [-0.2, 0) is 6.54 Å². The van der Waals surface area contributed by atoms with Gasteiger partial charge in [-0.2, -0.15) is 13.2 Å². The highest BCUT2D eigenvalue weighted by Crippen LogP contribution is 2.29. The van der Waals surface area contributed by atoms with E-state index in [2.05, 4.69) is 0 Å². The van der Waals surface area contributed by atoms with E-state index >= 15 is 0 Å². The molecule has 1 heterocycles. The molecule has 0 aliphatic carbocycles. The molecule has 1 saturated heterocycles. The summed E-state index contributed by atoms with van der Waals surface area (Å²) in [7, 11) is 0. The first-order chi connectivity index (χ1) is 10.3. The van der Waals surface area contributed by atoms with Gasteiger partial charge in [-0.3, -0.25) is 9.80 Å². The second kappa shape index (κ2) is 6.56. The fraction of sp³-hybridized carbons (Fsp3) is 0.533. The number of amides is 1. The van der Waals surface area contributed by atoms with Gasteiger partial charge in [-0.05, 0) is 18.9 Å². The maximum absolute atomic E-state index is 12.8. The van der Waals surface area contributed by atoms with E-state index in [4.69, 9.17) is 5.11 Å². The van der Waals surface area contributed by atoms with E-state index in [0.717, 1.165) is 12.5 Å². The number of hydrogen-bond acceptors (Lipinski definition) is 2. The molecular formula is C15H19F3N2O2. The molecule has 0 unspecified atom stereocenters. The predicted octanol–water partition coefficient (Wildman–Crippen LogP) is 3.19. The van der Waals surface area contributed by atoms with E-state index in [1.165, 1.54) is 0 Å². The van der Waals surface area contributed by atoms with Gasteiger partial charge in [0, 0.05) is 25.7 Å². The standard InChI is InChI=1S/C15H19F3N2O2/c1-11(15(16,17)18)20(14(21)22)13-7-8-19(10-13)9-12-5-3-2-4-6-12/h2-6,11,13H,7-10H2,1H3,(H,21,22)/t11-,13-/m0/s1. The van der Waals surface area contributed by atoms with Crippen LogP contribution in [-0.4, -0.2) is 52.3 Å². The average molecular weight is 316 g/mol. The lowest BCUT2D eigenvalue weighted by Crippen LogP contribution is -2.52. The molecule has 2 atom stereocenters. The largest absolute Gasteiger partial charge is 0.465 e. The molecule has 4 nitrogen and oxygen atoms in total. The highest BCUT2D eigenvalue weighted by molar-refractivity contribution is 5.66. The van der Waals surface area contributed by atoms with Gasteiger partial charge in [0.05, 0.1) is 0 Å². The van der Waals surface area contributed by atoms with E-state index in [1.54, 1.807) is 0 Å². The van der Waals surface area contributed by atoms with Crippen LogP contribution in [0.2, 0.25) is 0 Å². The van der Waals surface area contributed by atoms with Crippen molar-refractivity contribution in [3.8, 4) is 0 Å². The lowest BCUT2D eigenvalue weighted by atomic mass is 10.1. The minimum Gasteiger partial charge on any atom is -0.465 e. The molecule has 1 aliphatic heterocycles. The Balaban J connectivity index is 2.02. The fourth-order valence-corrected chi connectivity index (χ4v) is 2.82. The Morgan fingerprint density at radius 2 is 2.05 bits per heavy atom. The molecule has 1 N–H and O–H groups in total. The van der Waals surface area contributed by atoms with Crippen LogP contribution in [0.4, 0.5) is 18.0 Å². The predicted molar refractivity (Wildman–Crippen MR) is 75.5 cm³/mol. The molecule has 0 bridgehead atoms. The normalized spacial score (nSPS) is 20.8. The van der Waals surface area contributed by atoms with E-state index in [0.29, 0.717) is 31.0 Å². The van der Waals surface area contributed by atoms with Crippen LogP contribution >= 0.6 is 0 Å². The van der Waals surface area contributed by atoms with Gasteiger partial charge < -0.3 is 5.11 Å². The minimum absolute atomic E-state index is 0.321. The quantitative estimate of drug-likeness (QED) is 0.928. The molecule has 0 radical (unpaired) electrons. The Bertz CT molecular complexity index is 507. The summed E-state index contributed by atoms with van der Waals surface area (Å²) in [5.41, 5.74) is 1.06.